The minimum Gasteiger partial charge on any atom is -0.391 e. The average Bonchev–Trinajstić information content (AvgIpc) is 3.08. The Kier molecular flexibility index (Phi) is 5.94. The maximum Gasteiger partial charge on any atom is 0.320 e. The molecule has 0 amide bonds. The molecule has 10 heteroatoms. The van der Waals surface area contributed by atoms with Crippen LogP contribution in [0.4, 0.5) is 8.78 Å². The number of alkyl halides is 2. The predicted molar refractivity (Wildman–Crippen MR) is 105 cm³/mol. The highest BCUT2D eigenvalue weighted by Crippen LogP contribution is 2.23. The molecule has 0 spiro atoms. The van der Waals surface area contributed by atoms with E-state index >= 15 is 0 Å². The van der Waals surface area contributed by atoms with E-state index in [9.17, 15) is 17.2 Å². The molecule has 0 N–H and O–H groups in total. The number of halogens is 2. The molecule has 29 heavy (non-hydrogen) atoms. The van der Waals surface area contributed by atoms with Crippen molar-refractivity contribution in [1.29, 1.82) is 0 Å². The minimum absolute atomic E-state index is 0.00476. The first kappa shape index (κ1) is 20.9. The molecule has 1 heterocycles. The lowest BCUT2D eigenvalue weighted by atomic mass is 10.2. The van der Waals surface area contributed by atoms with Gasteiger partial charge in [-0.2, -0.15) is 8.78 Å². The van der Waals surface area contributed by atoms with Crippen molar-refractivity contribution in [3.8, 4) is 0 Å². The highest BCUT2D eigenvalue weighted by molar-refractivity contribution is 7.89. The molecule has 0 aliphatic carbocycles. The zero-order valence-corrected chi connectivity index (χ0v) is 16.9. The zero-order chi connectivity index (χ0) is 21.2. The van der Waals surface area contributed by atoms with Crippen molar-refractivity contribution >= 4 is 26.8 Å². The molecule has 0 aliphatic rings. The Labute approximate surface area is 167 Å². The SMILES string of the molecule is C/C(=N/OCc1cccc(S(=O)(=O)N(C)C)c1)c1nc2ccccc2n1C(F)F. The first-order chi connectivity index (χ1) is 13.7. The number of oxime groups is 1. The summed E-state index contributed by atoms with van der Waals surface area (Å²) in [5.74, 6) is 0.00476. The third-order valence-electron chi connectivity index (χ3n) is 4.22. The number of fused-ring (bicyclic) bond motifs is 1. The largest absolute Gasteiger partial charge is 0.391 e. The standard InChI is InChI=1S/C19H20F2N4O3S/c1-13(18-22-16-9-4-5-10-17(16)25(18)19(20)21)23-28-12-14-7-6-8-15(11-14)29(26,27)24(2)3/h4-11,19H,12H2,1-3H3/b23-13-. The molecular weight excluding hydrogens is 402 g/mol. The molecule has 0 atom stereocenters. The summed E-state index contributed by atoms with van der Waals surface area (Å²) in [5, 5.41) is 3.90. The van der Waals surface area contributed by atoms with E-state index in [0.29, 0.717) is 16.6 Å². The summed E-state index contributed by atoms with van der Waals surface area (Å²) in [4.78, 5) is 9.62. The van der Waals surface area contributed by atoms with Crippen molar-refractivity contribution in [2.75, 3.05) is 14.1 Å². The van der Waals surface area contributed by atoms with Crippen LogP contribution in [0, 0.1) is 0 Å². The second-order valence-electron chi connectivity index (χ2n) is 6.46. The van der Waals surface area contributed by atoms with Crippen LogP contribution < -0.4 is 0 Å². The smallest absolute Gasteiger partial charge is 0.320 e. The highest BCUT2D eigenvalue weighted by atomic mass is 32.2. The summed E-state index contributed by atoms with van der Waals surface area (Å²) in [6.45, 7) is -1.29. The summed E-state index contributed by atoms with van der Waals surface area (Å²) in [6, 6.07) is 12.8. The van der Waals surface area contributed by atoms with Crippen LogP contribution in [-0.4, -0.2) is 42.1 Å². The van der Waals surface area contributed by atoms with Crippen molar-refractivity contribution in [2.24, 2.45) is 5.16 Å². The molecule has 0 fully saturated rings. The van der Waals surface area contributed by atoms with Gasteiger partial charge in [-0.25, -0.2) is 17.7 Å². The van der Waals surface area contributed by atoms with Crippen LogP contribution in [0.3, 0.4) is 0 Å². The van der Waals surface area contributed by atoms with Crippen molar-refractivity contribution in [3.63, 3.8) is 0 Å². The molecule has 3 aromatic rings. The zero-order valence-electron chi connectivity index (χ0n) is 16.1. The Hall–Kier alpha value is -2.85. The van der Waals surface area contributed by atoms with E-state index in [-0.39, 0.29) is 23.0 Å². The summed E-state index contributed by atoms with van der Waals surface area (Å²) in [7, 11) is -0.677. The van der Waals surface area contributed by atoms with Gasteiger partial charge in [-0.05, 0) is 36.8 Å². The molecule has 154 valence electrons. The maximum atomic E-state index is 13.5. The van der Waals surface area contributed by atoms with Crippen molar-refractivity contribution in [1.82, 2.24) is 13.9 Å². The number of rotatable bonds is 7. The summed E-state index contributed by atoms with van der Waals surface area (Å²) in [6.07, 6.45) is 0. The Morgan fingerprint density at radius 3 is 2.62 bits per heavy atom. The van der Waals surface area contributed by atoms with Crippen LogP contribution in [0.15, 0.2) is 58.6 Å². The van der Waals surface area contributed by atoms with Crippen LogP contribution in [0.25, 0.3) is 11.0 Å². The maximum absolute atomic E-state index is 13.5. The van der Waals surface area contributed by atoms with Gasteiger partial charge in [0, 0.05) is 14.1 Å². The van der Waals surface area contributed by atoms with Crippen LogP contribution in [-0.2, 0) is 21.5 Å². The normalized spacial score (nSPS) is 12.9. The molecule has 0 radical (unpaired) electrons. The van der Waals surface area contributed by atoms with Gasteiger partial charge in [-0.1, -0.05) is 29.4 Å². The van der Waals surface area contributed by atoms with E-state index in [1.807, 2.05) is 0 Å². The van der Waals surface area contributed by atoms with Gasteiger partial charge < -0.3 is 4.84 Å². The molecule has 0 saturated heterocycles. The quantitative estimate of drug-likeness (QED) is 0.430. The van der Waals surface area contributed by atoms with Gasteiger partial charge in [-0.3, -0.25) is 4.57 Å². The van der Waals surface area contributed by atoms with Gasteiger partial charge in [-0.15, -0.1) is 0 Å². The third-order valence-corrected chi connectivity index (χ3v) is 6.04. The number of hydrogen-bond acceptors (Lipinski definition) is 5. The van der Waals surface area contributed by atoms with E-state index in [0.717, 1.165) is 8.87 Å². The Bertz CT molecular complexity index is 1160. The molecule has 3 rings (SSSR count). The fourth-order valence-electron chi connectivity index (χ4n) is 2.75. The fraction of sp³-hybridized carbons (Fsp3) is 0.263. The number of hydrogen-bond donors (Lipinski definition) is 0. The fourth-order valence-corrected chi connectivity index (χ4v) is 3.72. The monoisotopic (exact) mass is 422 g/mol. The Morgan fingerprint density at radius 1 is 1.21 bits per heavy atom. The van der Waals surface area contributed by atoms with Crippen LogP contribution in [0.2, 0.25) is 0 Å². The molecular formula is C19H20F2N4O3S. The van der Waals surface area contributed by atoms with Crippen molar-refractivity contribution < 1.29 is 22.0 Å². The molecule has 7 nitrogen and oxygen atoms in total. The third kappa shape index (κ3) is 4.28. The summed E-state index contributed by atoms with van der Waals surface area (Å²) >= 11 is 0. The molecule has 0 unspecified atom stereocenters. The lowest BCUT2D eigenvalue weighted by Gasteiger charge is -2.12. The number of aromatic nitrogens is 2. The first-order valence-corrected chi connectivity index (χ1v) is 10.1. The second-order valence-corrected chi connectivity index (χ2v) is 8.61. The van der Waals surface area contributed by atoms with Gasteiger partial charge in [0.1, 0.15) is 12.3 Å². The van der Waals surface area contributed by atoms with E-state index in [2.05, 4.69) is 10.1 Å². The van der Waals surface area contributed by atoms with Gasteiger partial charge in [0.15, 0.2) is 5.82 Å². The summed E-state index contributed by atoms with van der Waals surface area (Å²) in [5.41, 5.74) is 1.48. The van der Waals surface area contributed by atoms with Crippen molar-refractivity contribution in [2.45, 2.75) is 25.0 Å². The number of benzene rings is 2. The number of nitrogens with zero attached hydrogens (tertiary/aromatic N) is 4. The molecule has 1 aromatic heterocycles. The van der Waals surface area contributed by atoms with E-state index in [4.69, 9.17) is 4.84 Å². The number of sulfonamides is 1. The van der Waals surface area contributed by atoms with Gasteiger partial charge in [0.05, 0.1) is 15.9 Å². The predicted octanol–water partition coefficient (Wildman–Crippen LogP) is 3.62. The van der Waals surface area contributed by atoms with Crippen LogP contribution in [0.5, 0.6) is 0 Å². The molecule has 0 saturated carbocycles. The first-order valence-electron chi connectivity index (χ1n) is 8.65. The van der Waals surface area contributed by atoms with Gasteiger partial charge in [0.25, 0.3) is 0 Å². The van der Waals surface area contributed by atoms with Crippen LogP contribution in [0.1, 0.15) is 24.9 Å². The van der Waals surface area contributed by atoms with E-state index < -0.39 is 16.6 Å². The average molecular weight is 422 g/mol. The molecule has 0 aliphatic heterocycles. The molecule has 2 aromatic carbocycles. The topological polar surface area (TPSA) is 76.8 Å². The van der Waals surface area contributed by atoms with Gasteiger partial charge in [0.2, 0.25) is 10.0 Å². The van der Waals surface area contributed by atoms with Gasteiger partial charge >= 0.3 is 6.55 Å². The number of para-hydroxylation sites is 2. The molecule has 0 bridgehead atoms. The lowest BCUT2D eigenvalue weighted by molar-refractivity contribution is 0.0736. The van der Waals surface area contributed by atoms with E-state index in [1.165, 1.54) is 33.2 Å². The minimum atomic E-state index is -3.57. The van der Waals surface area contributed by atoms with Crippen LogP contribution >= 0.6 is 0 Å². The highest BCUT2D eigenvalue weighted by Gasteiger charge is 2.20. The second kappa shape index (κ2) is 8.26. The lowest BCUT2D eigenvalue weighted by Crippen LogP contribution is -2.22. The van der Waals surface area contributed by atoms with Crippen molar-refractivity contribution in [3.05, 3.63) is 59.9 Å². The van der Waals surface area contributed by atoms with E-state index in [1.54, 1.807) is 36.4 Å². The Balaban J connectivity index is 1.82. The Morgan fingerprint density at radius 2 is 1.93 bits per heavy atom. The summed E-state index contributed by atoms with van der Waals surface area (Å²) < 4.78 is 53.4. The number of imidazole rings is 1.